The molecule has 1 aromatic rings. The van der Waals surface area contributed by atoms with E-state index in [0.717, 1.165) is 12.1 Å². The zero-order valence-electron chi connectivity index (χ0n) is 12.7. The summed E-state index contributed by atoms with van der Waals surface area (Å²) in [5, 5.41) is 0. The molecule has 1 aliphatic rings. The number of hydrogen-bond acceptors (Lipinski definition) is 5. The molecule has 0 radical (unpaired) electrons. The number of likely N-dealkylation sites (N-methyl/N-ethyl adjacent to an activating group) is 1. The molecule has 118 valence electrons. The molecule has 1 fully saturated rings. The van der Waals surface area contributed by atoms with Crippen LogP contribution in [0.15, 0.2) is 23.1 Å². The van der Waals surface area contributed by atoms with Gasteiger partial charge in [0.2, 0.25) is 10.0 Å². The molecule has 7 heteroatoms. The van der Waals surface area contributed by atoms with Gasteiger partial charge < -0.3 is 15.4 Å². The molecule has 1 unspecified atom stereocenters. The molecule has 1 aromatic carbocycles. The fourth-order valence-electron chi connectivity index (χ4n) is 2.42. The van der Waals surface area contributed by atoms with Crippen LogP contribution >= 0.6 is 0 Å². The summed E-state index contributed by atoms with van der Waals surface area (Å²) in [6.45, 7) is 4.08. The smallest absolute Gasteiger partial charge is 0.246 e. The molecular weight excluding hydrogens is 290 g/mol. The minimum Gasteiger partial charge on any atom is -0.495 e. The largest absolute Gasteiger partial charge is 0.495 e. The Balaban J connectivity index is 2.35. The highest BCUT2D eigenvalue weighted by Gasteiger charge is 2.32. The van der Waals surface area contributed by atoms with E-state index in [1.807, 2.05) is 14.0 Å². The molecule has 1 heterocycles. The predicted molar refractivity (Wildman–Crippen MR) is 81.7 cm³/mol. The molecule has 0 saturated carbocycles. The van der Waals surface area contributed by atoms with Gasteiger partial charge in [0.25, 0.3) is 0 Å². The van der Waals surface area contributed by atoms with E-state index in [2.05, 4.69) is 4.90 Å². The Kier molecular flexibility index (Phi) is 4.88. The van der Waals surface area contributed by atoms with E-state index in [1.165, 1.54) is 11.4 Å². The van der Waals surface area contributed by atoms with Gasteiger partial charge in [-0.1, -0.05) is 6.07 Å². The second kappa shape index (κ2) is 6.31. The maximum absolute atomic E-state index is 12.8. The zero-order valence-corrected chi connectivity index (χ0v) is 13.6. The lowest BCUT2D eigenvalue weighted by Gasteiger charge is -2.37. The van der Waals surface area contributed by atoms with Crippen LogP contribution in [0, 0.1) is 0 Å². The molecule has 2 N–H and O–H groups in total. The minimum absolute atomic E-state index is 0.197. The highest BCUT2D eigenvalue weighted by atomic mass is 32.2. The normalized spacial score (nSPS) is 21.4. The first kappa shape index (κ1) is 16.2. The van der Waals surface area contributed by atoms with E-state index < -0.39 is 10.0 Å². The summed E-state index contributed by atoms with van der Waals surface area (Å²) in [5.41, 5.74) is 6.43. The SMILES string of the molecule is COc1cc(CN)ccc1S(=O)(=O)N1CCN(C)C(C)C1. The molecule has 0 bridgehead atoms. The number of nitrogens with zero attached hydrogens (tertiary/aromatic N) is 2. The van der Waals surface area contributed by atoms with Crippen LogP contribution in [-0.4, -0.2) is 57.5 Å². The molecule has 21 heavy (non-hydrogen) atoms. The average Bonchev–Trinajstić information content (AvgIpc) is 2.49. The van der Waals surface area contributed by atoms with Gasteiger partial charge in [0.15, 0.2) is 0 Å². The van der Waals surface area contributed by atoms with Crippen molar-refractivity contribution in [2.24, 2.45) is 5.73 Å². The Morgan fingerprint density at radius 2 is 2.10 bits per heavy atom. The van der Waals surface area contributed by atoms with Crippen LogP contribution < -0.4 is 10.5 Å². The van der Waals surface area contributed by atoms with Gasteiger partial charge in [0.1, 0.15) is 10.6 Å². The number of rotatable bonds is 4. The number of benzene rings is 1. The van der Waals surface area contributed by atoms with E-state index in [9.17, 15) is 8.42 Å². The molecule has 0 aromatic heterocycles. The molecule has 0 amide bonds. The number of nitrogens with two attached hydrogens (primary N) is 1. The first-order chi connectivity index (χ1) is 9.90. The van der Waals surface area contributed by atoms with Gasteiger partial charge in [-0.2, -0.15) is 4.31 Å². The molecule has 1 saturated heterocycles. The Morgan fingerprint density at radius 1 is 1.38 bits per heavy atom. The summed E-state index contributed by atoms with van der Waals surface area (Å²) in [4.78, 5) is 2.36. The van der Waals surface area contributed by atoms with Crippen molar-refractivity contribution in [2.45, 2.75) is 24.4 Å². The Labute approximate surface area is 126 Å². The number of ether oxygens (including phenoxy) is 1. The molecule has 1 atom stereocenters. The third-order valence-corrected chi connectivity index (χ3v) is 5.91. The lowest BCUT2D eigenvalue weighted by atomic mass is 10.2. The number of methoxy groups -OCH3 is 1. The van der Waals surface area contributed by atoms with Crippen molar-refractivity contribution in [1.82, 2.24) is 9.21 Å². The van der Waals surface area contributed by atoms with E-state index in [4.69, 9.17) is 10.5 Å². The van der Waals surface area contributed by atoms with Crippen molar-refractivity contribution in [2.75, 3.05) is 33.8 Å². The van der Waals surface area contributed by atoms with Crippen molar-refractivity contribution >= 4 is 10.0 Å². The fourth-order valence-corrected chi connectivity index (χ4v) is 4.07. The van der Waals surface area contributed by atoms with Crippen LogP contribution in [0.2, 0.25) is 0 Å². The molecule has 6 nitrogen and oxygen atoms in total. The van der Waals surface area contributed by atoms with Gasteiger partial charge >= 0.3 is 0 Å². The zero-order chi connectivity index (χ0) is 15.6. The quantitative estimate of drug-likeness (QED) is 0.875. The summed E-state index contributed by atoms with van der Waals surface area (Å²) >= 11 is 0. The summed E-state index contributed by atoms with van der Waals surface area (Å²) < 4.78 is 32.4. The van der Waals surface area contributed by atoms with Crippen LogP contribution in [-0.2, 0) is 16.6 Å². The van der Waals surface area contributed by atoms with Crippen LogP contribution in [0.4, 0.5) is 0 Å². The van der Waals surface area contributed by atoms with Crippen LogP contribution in [0.5, 0.6) is 5.75 Å². The molecule has 0 spiro atoms. The van der Waals surface area contributed by atoms with Crippen molar-refractivity contribution < 1.29 is 13.2 Å². The number of piperazine rings is 1. The third-order valence-electron chi connectivity index (χ3n) is 4.00. The lowest BCUT2D eigenvalue weighted by molar-refractivity contribution is 0.159. The Bertz CT molecular complexity index is 603. The maximum atomic E-state index is 12.8. The van der Waals surface area contributed by atoms with Gasteiger partial charge in [-0.3, -0.25) is 0 Å². The molecular formula is C14H23N3O3S. The number of sulfonamides is 1. The summed E-state index contributed by atoms with van der Waals surface area (Å²) in [6.07, 6.45) is 0. The topological polar surface area (TPSA) is 75.9 Å². The summed E-state index contributed by atoms with van der Waals surface area (Å²) in [5.74, 6) is 0.351. The highest BCUT2D eigenvalue weighted by molar-refractivity contribution is 7.89. The third kappa shape index (κ3) is 3.21. The van der Waals surface area contributed by atoms with E-state index in [1.54, 1.807) is 18.2 Å². The van der Waals surface area contributed by atoms with Gasteiger partial charge in [0, 0.05) is 32.2 Å². The minimum atomic E-state index is -3.55. The van der Waals surface area contributed by atoms with Crippen molar-refractivity contribution in [1.29, 1.82) is 0 Å². The predicted octanol–water partition coefficient (Wildman–Crippen LogP) is 0.479. The van der Waals surface area contributed by atoms with Gasteiger partial charge in [-0.15, -0.1) is 0 Å². The van der Waals surface area contributed by atoms with Gasteiger partial charge in [-0.25, -0.2) is 8.42 Å². The van der Waals surface area contributed by atoms with E-state index in [-0.39, 0.29) is 10.9 Å². The second-order valence-electron chi connectivity index (χ2n) is 5.38. The fraction of sp³-hybridized carbons (Fsp3) is 0.571. The van der Waals surface area contributed by atoms with Crippen LogP contribution in [0.25, 0.3) is 0 Å². The van der Waals surface area contributed by atoms with E-state index >= 15 is 0 Å². The monoisotopic (exact) mass is 313 g/mol. The standard InChI is InChI=1S/C14H23N3O3S/c1-11-10-17(7-6-16(11)2)21(18,19)14-5-4-12(9-15)8-13(14)20-3/h4-5,8,11H,6-7,9-10,15H2,1-3H3. The lowest BCUT2D eigenvalue weighted by Crippen LogP contribution is -2.51. The second-order valence-corrected chi connectivity index (χ2v) is 7.29. The average molecular weight is 313 g/mol. The van der Waals surface area contributed by atoms with Crippen molar-refractivity contribution in [3.63, 3.8) is 0 Å². The molecule has 2 rings (SSSR count). The number of hydrogen-bond donors (Lipinski definition) is 1. The summed E-state index contributed by atoms with van der Waals surface area (Å²) in [6, 6.07) is 5.20. The first-order valence-corrected chi connectivity index (χ1v) is 8.41. The Morgan fingerprint density at radius 3 is 2.67 bits per heavy atom. The highest BCUT2D eigenvalue weighted by Crippen LogP contribution is 2.29. The van der Waals surface area contributed by atoms with Crippen molar-refractivity contribution in [3.8, 4) is 5.75 Å². The summed E-state index contributed by atoms with van der Waals surface area (Å²) in [7, 11) is -0.0666. The molecule has 1 aliphatic heterocycles. The molecule has 0 aliphatic carbocycles. The van der Waals surface area contributed by atoms with Crippen LogP contribution in [0.3, 0.4) is 0 Å². The van der Waals surface area contributed by atoms with Gasteiger partial charge in [-0.05, 0) is 31.7 Å². The van der Waals surface area contributed by atoms with E-state index in [0.29, 0.717) is 25.4 Å². The maximum Gasteiger partial charge on any atom is 0.246 e. The first-order valence-electron chi connectivity index (χ1n) is 6.97. The Hall–Kier alpha value is -1.15. The van der Waals surface area contributed by atoms with Crippen LogP contribution in [0.1, 0.15) is 12.5 Å². The van der Waals surface area contributed by atoms with Gasteiger partial charge in [0.05, 0.1) is 7.11 Å². The van der Waals surface area contributed by atoms with Crippen molar-refractivity contribution in [3.05, 3.63) is 23.8 Å².